The van der Waals surface area contributed by atoms with E-state index in [1.807, 2.05) is 0 Å². The molecule has 0 aliphatic heterocycles. The topological polar surface area (TPSA) is 93.8 Å². The first kappa shape index (κ1) is 7.58. The number of carbonyl (C=O) groups excluding carboxylic acids is 3. The maximum absolute atomic E-state index is 15.2. The van der Waals surface area contributed by atoms with Gasteiger partial charge in [0, 0.05) is 44.1 Å². The van der Waals surface area contributed by atoms with Crippen molar-refractivity contribution < 1.29 is 68.4 Å². The maximum Gasteiger partial charge on any atom is 0.375 e. The van der Waals surface area contributed by atoms with Crippen LogP contribution in [0, 0.1) is 28.5 Å². The predicted molar refractivity (Wildman–Crippen MR) is 130 cm³/mol. The Morgan fingerprint density at radius 2 is 2.34 bits per heavy atom. The summed E-state index contributed by atoms with van der Waals surface area (Å²) in [7, 11) is 0. The molecule has 1 N–H and O–H groups in total. The van der Waals surface area contributed by atoms with Gasteiger partial charge in [0.15, 0.2) is 17.2 Å². The molecule has 0 bridgehead atoms. The van der Waals surface area contributed by atoms with Crippen LogP contribution in [0.5, 0.6) is 0 Å². The van der Waals surface area contributed by atoms with Crippen molar-refractivity contribution in [3.8, 4) is 0 Å². The second-order valence-electron chi connectivity index (χ2n) is 7.47. The summed E-state index contributed by atoms with van der Waals surface area (Å²) < 4.78 is 278. The van der Waals surface area contributed by atoms with Crippen LogP contribution in [0.15, 0.2) is 46.5 Å². The van der Waals surface area contributed by atoms with E-state index < -0.39 is 162 Å². The molecule has 0 amide bonds. The number of ether oxygens (including phenoxy) is 1. The number of hydrogen-bond acceptors (Lipinski definition) is 6. The minimum Gasteiger partial charge on any atom is -0.457 e. The minimum absolute atomic E-state index is 1.37. The SMILES string of the molecule is [2H]O[C@@]1([2H])C([2H])([2H])[C@]2(C([2H])([2H])[2H])[C@@](OC(=O)c3oc([2H])c([2H])c3[2H])(C(=O)C([2H])([2H])Cl)[C@]([2H])(C([2H])([2H])[2H])C([2H])([2H])[C@]2([2H])[C@]2([2H])C([2H])([2H])C([2H])([2H])C3=C([2H])C(=O)C([2H])=C([2H])[C@]3(C([2H])([2H])[2H])[C@]21Cl. The monoisotopic (exact) mass is 550 g/mol. The number of esters is 1. The van der Waals surface area contributed by atoms with E-state index in [9.17, 15) is 23.3 Å². The van der Waals surface area contributed by atoms with Gasteiger partial charge in [-0.05, 0) is 61.5 Å². The summed E-state index contributed by atoms with van der Waals surface area (Å²) in [6.07, 6.45) is -28.6. The van der Waals surface area contributed by atoms with Crippen molar-refractivity contribution in [1.82, 2.24) is 0 Å². The number of alkyl halides is 2. The number of ketones is 2. The van der Waals surface area contributed by atoms with Gasteiger partial charge in [0.25, 0.3) is 0 Å². The third kappa shape index (κ3) is 3.02. The fourth-order valence-corrected chi connectivity index (χ4v) is 4.53. The average Bonchev–Trinajstić information content (AvgIpc) is 3.45. The molecule has 1 heterocycles. The Bertz CT molecular complexity index is 2400. The highest BCUT2D eigenvalue weighted by molar-refractivity contribution is 6.29. The van der Waals surface area contributed by atoms with Crippen LogP contribution in [-0.4, -0.2) is 46.5 Å². The van der Waals surface area contributed by atoms with Gasteiger partial charge in [-0.3, -0.25) is 9.59 Å². The van der Waals surface area contributed by atoms with Crippen molar-refractivity contribution in [1.29, 1.82) is 1.43 Å². The lowest BCUT2D eigenvalue weighted by Crippen LogP contribution is -2.69. The van der Waals surface area contributed by atoms with Crippen LogP contribution in [-0.2, 0) is 14.3 Å². The fourth-order valence-electron chi connectivity index (χ4n) is 4.07. The van der Waals surface area contributed by atoms with Gasteiger partial charge in [0.2, 0.25) is 7.19 Å². The number of halogens is 2. The summed E-state index contributed by atoms with van der Waals surface area (Å²) in [6, 6.07) is -9.54. The Labute approximate surface area is 256 Å². The molecule has 8 atom stereocenters. The van der Waals surface area contributed by atoms with Gasteiger partial charge in [-0.25, -0.2) is 4.79 Å². The van der Waals surface area contributed by atoms with E-state index in [0.717, 1.165) is 0 Å². The van der Waals surface area contributed by atoms with Crippen LogP contribution in [0.4, 0.5) is 0 Å². The van der Waals surface area contributed by atoms with Gasteiger partial charge in [-0.1, -0.05) is 32.2 Å². The van der Waals surface area contributed by atoms with Crippen LogP contribution < -0.4 is 0 Å². The van der Waals surface area contributed by atoms with E-state index in [1.54, 1.807) is 0 Å². The van der Waals surface area contributed by atoms with Gasteiger partial charge < -0.3 is 14.3 Å². The van der Waals surface area contributed by atoms with Crippen molar-refractivity contribution in [2.24, 2.45) is 28.5 Å². The number of hydrogen-bond donors (Lipinski definition) is 1. The molecule has 5 rings (SSSR count). The Morgan fingerprint density at radius 1 is 1.49 bits per heavy atom. The number of furan rings is 1. The largest absolute Gasteiger partial charge is 0.457 e. The minimum atomic E-state index is -5.95. The van der Waals surface area contributed by atoms with Crippen LogP contribution in [0.1, 0.15) is 96.4 Å². The number of fused-ring (bicyclic) bond motifs is 5. The van der Waals surface area contributed by atoms with Crippen LogP contribution in [0.2, 0.25) is 0 Å². The Hall–Kier alpha value is -1.89. The normalized spacial score (nSPS) is 73.1. The molecule has 188 valence electrons. The molecule has 3 fully saturated rings. The lowest BCUT2D eigenvalue weighted by atomic mass is 9.45. The Morgan fingerprint density at radius 3 is 3.00 bits per heavy atom. The maximum atomic E-state index is 15.2. The van der Waals surface area contributed by atoms with Crippen LogP contribution in [0.3, 0.4) is 0 Å². The molecule has 0 unspecified atom stereocenters. The first-order valence-corrected chi connectivity index (χ1v) is 10.0. The highest BCUT2D eigenvalue weighted by atomic mass is 35.5. The summed E-state index contributed by atoms with van der Waals surface area (Å²) in [5.74, 6) is -32.2. The molecule has 4 aliphatic rings. The first-order valence-electron chi connectivity index (χ1n) is 24.2. The summed E-state index contributed by atoms with van der Waals surface area (Å²) in [4.78, 5) is 37.4. The molecule has 0 aromatic carbocycles. The molecule has 1 aromatic rings. The predicted octanol–water partition coefficient (Wildman–Crippen LogP) is 4.87. The smallest absolute Gasteiger partial charge is 0.375 e. The third-order valence-corrected chi connectivity index (χ3v) is 6.55. The van der Waals surface area contributed by atoms with Crippen molar-refractivity contribution in [2.45, 2.75) is 62.6 Å². The third-order valence-electron chi connectivity index (χ3n) is 5.74. The fraction of sp³-hybridized carbons (Fsp3) is 0.593. The molecule has 3 saturated carbocycles. The van der Waals surface area contributed by atoms with E-state index in [-0.39, 0.29) is 0 Å². The second kappa shape index (κ2) is 8.06. The molecule has 0 saturated heterocycles. The second-order valence-corrected chi connectivity index (χ2v) is 8.23. The molecule has 6 nitrogen and oxygen atoms in total. The zero-order chi connectivity index (χ0) is 51.5. The standard InChI is InChI=1S/C27H30Cl2O6/c1-15-11-19-18-7-6-16-12-17(30)8-9-24(16,2)26(18,29)21(31)13-25(19,3)27(15,22(32)14-28)35-23(33)20-5-4-10-34-20/h4-5,8-10,12,15,18-19,21,31H,6-7,11,13-14H2,1-3H3/t15-,18+,19-,21+,24+,25+,26+,27+/m1/s1/i1D3,2D3,3D3,4D,5D,6D2,7D2,8D,9D,10D,11D2,12D,13D2,14D2,15D,18D,19D,21D,31D. The first-order chi connectivity index (χ1) is 28.4. The van der Waals surface area contributed by atoms with Crippen molar-refractivity contribution in [2.75, 3.05) is 5.83 Å². The van der Waals surface area contributed by atoms with Crippen LogP contribution in [0.25, 0.3) is 0 Å². The van der Waals surface area contributed by atoms with Gasteiger partial charge in [-0.15, -0.1) is 23.2 Å². The lowest BCUT2D eigenvalue weighted by molar-refractivity contribution is -0.177. The van der Waals surface area contributed by atoms with Crippen molar-refractivity contribution in [3.63, 3.8) is 0 Å². The number of Topliss-reactive ketones (excluding diaryl/α,β-unsaturated/α-hetero) is 1. The highest BCUT2D eigenvalue weighted by Gasteiger charge is 2.76. The molecular formula is C27H30Cl2O6. The van der Waals surface area contributed by atoms with E-state index in [1.165, 1.54) is 0 Å². The molecule has 1 aromatic heterocycles. The molecule has 35 heavy (non-hydrogen) atoms. The number of rotatable bonds is 5. The van der Waals surface area contributed by atoms with E-state index in [0.29, 0.717) is 0 Å². The van der Waals surface area contributed by atoms with Crippen molar-refractivity contribution >= 4 is 40.7 Å². The van der Waals surface area contributed by atoms with E-state index >= 15 is 4.79 Å². The molecule has 0 radical (unpaired) electrons. The van der Waals surface area contributed by atoms with Crippen molar-refractivity contribution in [3.05, 3.63) is 47.8 Å². The molecule has 4 aliphatic carbocycles. The molecule has 8 heteroatoms. The van der Waals surface area contributed by atoms with Gasteiger partial charge in [-0.2, -0.15) is 0 Å². The van der Waals surface area contributed by atoms with E-state index in [4.69, 9.17) is 55.4 Å². The zero-order valence-electron chi connectivity index (χ0n) is 46.7. The van der Waals surface area contributed by atoms with Crippen LogP contribution >= 0.6 is 23.2 Å². The summed E-state index contributed by atoms with van der Waals surface area (Å²) in [5, 5.41) is 4.37. The summed E-state index contributed by atoms with van der Waals surface area (Å²) in [5.41, 5.74) is -19.0. The molecule has 0 spiro atoms. The molecular weight excluding hydrogens is 491 g/mol. The van der Waals surface area contributed by atoms with Gasteiger partial charge >= 0.3 is 5.97 Å². The lowest BCUT2D eigenvalue weighted by Gasteiger charge is -2.64. The number of allylic oxidation sites excluding steroid dienone is 4. The van der Waals surface area contributed by atoms with E-state index in [2.05, 4.69) is 9.53 Å². The summed E-state index contributed by atoms with van der Waals surface area (Å²) in [6.45, 7) is -15.5. The zero-order valence-corrected chi connectivity index (χ0v) is 18.2. The highest BCUT2D eigenvalue weighted by Crippen LogP contribution is 2.72. The number of aliphatic hydroxyl groups is 1. The van der Waals surface area contributed by atoms with Gasteiger partial charge in [0.05, 0.1) is 34.0 Å². The number of carbonyl (C=O) groups is 3. The summed E-state index contributed by atoms with van der Waals surface area (Å²) >= 11 is 12.8. The average molecular weight is 552 g/mol. The van der Waals surface area contributed by atoms with Gasteiger partial charge in [0.1, 0.15) is 1.37 Å². The Balaban J connectivity index is 2.39. The Kier molecular flexibility index (Phi) is 1.74. The quantitative estimate of drug-likeness (QED) is 0.415.